The van der Waals surface area contributed by atoms with Gasteiger partial charge in [-0.25, -0.2) is 4.39 Å². The van der Waals surface area contributed by atoms with Crippen LogP contribution in [0.1, 0.15) is 21.5 Å². The molecule has 0 radical (unpaired) electrons. The summed E-state index contributed by atoms with van der Waals surface area (Å²) >= 11 is 1.11. The Kier molecular flexibility index (Phi) is 3.28. The number of hydrogen-bond donors (Lipinski definition) is 0. The van der Waals surface area contributed by atoms with Gasteiger partial charge in [-0.05, 0) is 35.9 Å². The number of rotatable bonds is 0. The minimum Gasteiger partial charge on any atom is -0.294 e. The lowest BCUT2D eigenvalue weighted by Crippen LogP contribution is -2.09. The molecule has 2 aromatic carbocycles. The molecular weight excluding hydrogens is 304 g/mol. The Balaban J connectivity index is 2.11. The Bertz CT molecular complexity index is 737. The van der Waals surface area contributed by atoms with Gasteiger partial charge in [0.25, 0.3) is 0 Å². The maximum absolute atomic E-state index is 13.3. The molecule has 21 heavy (non-hydrogen) atoms. The van der Waals surface area contributed by atoms with E-state index >= 15 is 0 Å². The Morgan fingerprint density at radius 1 is 1.00 bits per heavy atom. The molecule has 0 spiro atoms. The number of carbonyl (C=O) groups excluding carboxylic acids is 1. The van der Waals surface area contributed by atoms with Crippen molar-refractivity contribution >= 4 is 17.5 Å². The van der Waals surface area contributed by atoms with Crippen molar-refractivity contribution in [1.82, 2.24) is 0 Å². The summed E-state index contributed by atoms with van der Waals surface area (Å²) in [5, 5.41) is 0. The molecule has 0 amide bonds. The molecule has 0 aliphatic carbocycles. The van der Waals surface area contributed by atoms with Gasteiger partial charge in [-0.1, -0.05) is 17.8 Å². The normalized spacial score (nSPS) is 14.4. The predicted octanol–water partition coefficient (Wildman–Crippen LogP) is 4.73. The van der Waals surface area contributed by atoms with Crippen molar-refractivity contribution in [2.45, 2.75) is 22.4 Å². The van der Waals surface area contributed by atoms with Crippen LogP contribution in [-0.4, -0.2) is 5.78 Å². The van der Waals surface area contributed by atoms with Crippen LogP contribution in [-0.2, 0) is 12.6 Å². The third-order valence-electron chi connectivity index (χ3n) is 3.21. The van der Waals surface area contributed by atoms with Crippen LogP contribution in [0.3, 0.4) is 0 Å². The summed E-state index contributed by atoms with van der Waals surface area (Å²) < 4.78 is 51.5. The van der Waals surface area contributed by atoms with Gasteiger partial charge in [-0.15, -0.1) is 0 Å². The molecule has 0 bridgehead atoms. The molecule has 0 unspecified atom stereocenters. The topological polar surface area (TPSA) is 17.1 Å². The molecular formula is C15H8F4OS. The van der Waals surface area contributed by atoms with E-state index in [1.54, 1.807) is 0 Å². The number of alkyl halides is 3. The molecule has 0 atom stereocenters. The number of halogens is 4. The van der Waals surface area contributed by atoms with Gasteiger partial charge < -0.3 is 0 Å². The highest BCUT2D eigenvalue weighted by Crippen LogP contribution is 2.40. The van der Waals surface area contributed by atoms with Crippen LogP contribution in [0.25, 0.3) is 0 Å². The molecule has 2 aromatic rings. The summed E-state index contributed by atoms with van der Waals surface area (Å²) in [7, 11) is 0. The van der Waals surface area contributed by atoms with E-state index in [1.807, 2.05) is 0 Å². The Morgan fingerprint density at radius 3 is 2.48 bits per heavy atom. The Hall–Kier alpha value is -1.82. The molecule has 0 N–H and O–H groups in total. The molecule has 108 valence electrons. The number of ketones is 1. The van der Waals surface area contributed by atoms with Crippen LogP contribution in [0.2, 0.25) is 0 Å². The Morgan fingerprint density at radius 2 is 1.76 bits per heavy atom. The number of benzene rings is 2. The van der Waals surface area contributed by atoms with Gasteiger partial charge in [0.05, 0.1) is 5.56 Å². The van der Waals surface area contributed by atoms with Gasteiger partial charge in [-0.2, -0.15) is 13.2 Å². The highest BCUT2D eigenvalue weighted by Gasteiger charge is 2.32. The number of fused-ring (bicyclic) bond motifs is 2. The van der Waals surface area contributed by atoms with Crippen LogP contribution < -0.4 is 0 Å². The van der Waals surface area contributed by atoms with Gasteiger partial charge in [0.1, 0.15) is 5.82 Å². The van der Waals surface area contributed by atoms with Crippen LogP contribution >= 0.6 is 11.8 Å². The van der Waals surface area contributed by atoms with Crippen molar-refractivity contribution < 1.29 is 22.4 Å². The summed E-state index contributed by atoms with van der Waals surface area (Å²) in [6.45, 7) is 0. The fourth-order valence-corrected chi connectivity index (χ4v) is 3.27. The largest absolute Gasteiger partial charge is 0.416 e. The van der Waals surface area contributed by atoms with Crippen molar-refractivity contribution in [1.29, 1.82) is 0 Å². The van der Waals surface area contributed by atoms with Crippen molar-refractivity contribution in [2.75, 3.05) is 0 Å². The van der Waals surface area contributed by atoms with Crippen LogP contribution in [0, 0.1) is 5.82 Å². The molecule has 1 aliphatic heterocycles. The van der Waals surface area contributed by atoms with E-state index < -0.39 is 23.3 Å². The zero-order chi connectivity index (χ0) is 15.2. The van der Waals surface area contributed by atoms with E-state index in [0.29, 0.717) is 15.4 Å². The molecule has 0 fully saturated rings. The highest BCUT2D eigenvalue weighted by atomic mass is 32.2. The zero-order valence-electron chi connectivity index (χ0n) is 10.5. The molecule has 6 heteroatoms. The summed E-state index contributed by atoms with van der Waals surface area (Å²) in [6.07, 6.45) is -4.53. The minimum atomic E-state index is -4.49. The van der Waals surface area contributed by atoms with Crippen molar-refractivity contribution in [3.05, 3.63) is 58.9 Å². The van der Waals surface area contributed by atoms with E-state index in [9.17, 15) is 22.4 Å². The van der Waals surface area contributed by atoms with E-state index in [4.69, 9.17) is 0 Å². The van der Waals surface area contributed by atoms with Crippen molar-refractivity contribution in [3.63, 3.8) is 0 Å². The lowest BCUT2D eigenvalue weighted by atomic mass is 10.0. The predicted molar refractivity (Wildman–Crippen MR) is 70.0 cm³/mol. The summed E-state index contributed by atoms with van der Waals surface area (Å²) in [4.78, 5) is 13.1. The van der Waals surface area contributed by atoms with Crippen molar-refractivity contribution in [2.24, 2.45) is 0 Å². The molecule has 3 rings (SSSR count). The first-order valence-electron chi connectivity index (χ1n) is 6.05. The van der Waals surface area contributed by atoms with Crippen LogP contribution in [0.5, 0.6) is 0 Å². The lowest BCUT2D eigenvalue weighted by Gasteiger charge is -2.10. The summed E-state index contributed by atoms with van der Waals surface area (Å²) in [5.41, 5.74) is -0.199. The maximum Gasteiger partial charge on any atom is 0.416 e. The first-order chi connectivity index (χ1) is 9.84. The van der Waals surface area contributed by atoms with Crippen LogP contribution in [0.15, 0.2) is 46.2 Å². The molecule has 1 nitrogen and oxygen atoms in total. The van der Waals surface area contributed by atoms with Gasteiger partial charge in [0.2, 0.25) is 0 Å². The average Bonchev–Trinajstić information content (AvgIpc) is 2.53. The highest BCUT2D eigenvalue weighted by molar-refractivity contribution is 7.99. The van der Waals surface area contributed by atoms with Gasteiger partial charge in [0, 0.05) is 21.8 Å². The second-order valence-electron chi connectivity index (χ2n) is 4.66. The molecule has 0 aromatic heterocycles. The average molecular weight is 312 g/mol. The number of hydrogen-bond acceptors (Lipinski definition) is 2. The third kappa shape index (κ3) is 2.68. The number of carbonyl (C=O) groups is 1. The maximum atomic E-state index is 13.3. The molecule has 0 saturated heterocycles. The molecule has 1 heterocycles. The monoisotopic (exact) mass is 312 g/mol. The smallest absolute Gasteiger partial charge is 0.294 e. The second kappa shape index (κ2) is 4.87. The van der Waals surface area contributed by atoms with Crippen molar-refractivity contribution in [3.8, 4) is 0 Å². The van der Waals surface area contributed by atoms with Gasteiger partial charge in [-0.3, -0.25) is 4.79 Å². The minimum absolute atomic E-state index is 0.0308. The van der Waals surface area contributed by atoms with E-state index in [1.165, 1.54) is 24.3 Å². The van der Waals surface area contributed by atoms with Crippen LogP contribution in [0.4, 0.5) is 17.6 Å². The van der Waals surface area contributed by atoms with Gasteiger partial charge in [0.15, 0.2) is 5.78 Å². The third-order valence-corrected chi connectivity index (χ3v) is 4.38. The van der Waals surface area contributed by atoms with E-state index in [-0.39, 0.29) is 12.0 Å². The Labute approximate surface area is 122 Å². The summed E-state index contributed by atoms with van der Waals surface area (Å²) in [6, 6.07) is 7.09. The first kappa shape index (κ1) is 14.1. The van der Waals surface area contributed by atoms with Gasteiger partial charge >= 0.3 is 6.18 Å². The number of Topliss-reactive ketones (excluding diaryl/α,β-unsaturated/α-hetero) is 1. The fraction of sp³-hybridized carbons (Fsp3) is 0.133. The van der Waals surface area contributed by atoms with E-state index in [0.717, 1.165) is 23.9 Å². The summed E-state index contributed by atoms with van der Waals surface area (Å²) in [5.74, 6) is -0.835. The van der Waals surface area contributed by atoms with E-state index in [2.05, 4.69) is 0 Å². The lowest BCUT2D eigenvalue weighted by molar-refractivity contribution is -0.137. The quantitative estimate of drug-likeness (QED) is 0.654. The molecule has 0 saturated carbocycles. The zero-order valence-corrected chi connectivity index (χ0v) is 11.3. The fourth-order valence-electron chi connectivity index (χ4n) is 2.17. The SMILES string of the molecule is O=C1Cc2ccc(F)cc2Sc2ccc(C(F)(F)F)cc21. The molecule has 1 aliphatic rings. The second-order valence-corrected chi connectivity index (χ2v) is 5.75. The first-order valence-corrected chi connectivity index (χ1v) is 6.87. The standard InChI is InChI=1S/C15H8F4OS/c16-10-3-1-8-5-12(20)11-6-9(15(17,18)19)2-4-13(11)21-14(8)7-10/h1-4,6-7H,5H2.